The van der Waals surface area contributed by atoms with Gasteiger partial charge in [0.15, 0.2) is 0 Å². The van der Waals surface area contributed by atoms with Gasteiger partial charge in [-0.2, -0.15) is 0 Å². The number of amides is 1. The van der Waals surface area contributed by atoms with E-state index in [1.54, 1.807) is 6.20 Å². The molecule has 2 unspecified atom stereocenters. The van der Waals surface area contributed by atoms with Crippen LogP contribution in [-0.4, -0.2) is 16.9 Å². The summed E-state index contributed by atoms with van der Waals surface area (Å²) < 4.78 is 0. The first-order valence-corrected chi connectivity index (χ1v) is 4.61. The third-order valence-corrected chi connectivity index (χ3v) is 2.64. The minimum absolute atomic E-state index is 0.0372. The van der Waals surface area contributed by atoms with Crippen LogP contribution in [0.2, 0.25) is 0 Å². The van der Waals surface area contributed by atoms with Gasteiger partial charge in [-0.05, 0) is 6.92 Å². The van der Waals surface area contributed by atoms with E-state index < -0.39 is 0 Å². The fraction of sp³-hybridized carbons (Fsp3) is 0.429. The lowest BCUT2D eigenvalue weighted by Crippen LogP contribution is -2.24. The highest BCUT2D eigenvalue weighted by molar-refractivity contribution is 7.09. The average Bonchev–Trinajstić information content (AvgIpc) is 2.61. The lowest BCUT2D eigenvalue weighted by Gasteiger charge is -2.05. The zero-order valence-electron chi connectivity index (χ0n) is 6.57. The highest BCUT2D eigenvalue weighted by Gasteiger charge is 2.29. The quantitative estimate of drug-likeness (QED) is 0.656. The second kappa shape index (κ2) is 2.84. The molecule has 1 fully saturated rings. The molecule has 0 bridgehead atoms. The molecule has 4 nitrogen and oxygen atoms in total. The highest BCUT2D eigenvalue weighted by atomic mass is 32.1. The standard InChI is InChI=1S/C7H9N3OS/c1-4-6(11)10-5(9-4)7-8-2-3-12-7/h2-5,9H,1H3,(H,10,11). The molecule has 1 saturated heterocycles. The number of rotatable bonds is 1. The Morgan fingerprint density at radius 3 is 3.00 bits per heavy atom. The van der Waals surface area contributed by atoms with Gasteiger partial charge in [0, 0.05) is 11.6 Å². The molecule has 5 heteroatoms. The Balaban J connectivity index is 2.14. The van der Waals surface area contributed by atoms with Gasteiger partial charge in [0.25, 0.3) is 0 Å². The Morgan fingerprint density at radius 1 is 1.67 bits per heavy atom. The van der Waals surface area contributed by atoms with Crippen molar-refractivity contribution in [3.63, 3.8) is 0 Å². The Labute approximate surface area is 74.0 Å². The maximum atomic E-state index is 11.1. The summed E-state index contributed by atoms with van der Waals surface area (Å²) in [5.41, 5.74) is 0. The first-order chi connectivity index (χ1) is 5.77. The summed E-state index contributed by atoms with van der Waals surface area (Å²) in [7, 11) is 0. The molecule has 1 aliphatic rings. The summed E-state index contributed by atoms with van der Waals surface area (Å²) in [6.07, 6.45) is 1.64. The first kappa shape index (κ1) is 7.70. The second-order valence-corrected chi connectivity index (χ2v) is 3.63. The van der Waals surface area contributed by atoms with Crippen LogP contribution in [0.1, 0.15) is 18.1 Å². The van der Waals surface area contributed by atoms with E-state index in [1.165, 1.54) is 11.3 Å². The maximum absolute atomic E-state index is 11.1. The first-order valence-electron chi connectivity index (χ1n) is 3.73. The van der Waals surface area contributed by atoms with E-state index in [2.05, 4.69) is 15.6 Å². The number of carbonyl (C=O) groups is 1. The van der Waals surface area contributed by atoms with Crippen molar-refractivity contribution in [2.75, 3.05) is 0 Å². The predicted octanol–water partition coefficient (Wildman–Crippen LogP) is 0.250. The largest absolute Gasteiger partial charge is 0.333 e. The summed E-state index contributed by atoms with van der Waals surface area (Å²) in [5, 5.41) is 8.70. The molecule has 1 amide bonds. The third-order valence-electron chi connectivity index (χ3n) is 1.79. The highest BCUT2D eigenvalue weighted by Crippen LogP contribution is 2.17. The molecular weight excluding hydrogens is 174 g/mol. The van der Waals surface area contributed by atoms with Gasteiger partial charge >= 0.3 is 0 Å². The number of aromatic nitrogens is 1. The van der Waals surface area contributed by atoms with Crippen LogP contribution in [-0.2, 0) is 4.79 Å². The van der Waals surface area contributed by atoms with Crippen molar-refractivity contribution in [1.29, 1.82) is 0 Å². The summed E-state index contributed by atoms with van der Waals surface area (Å²) in [6, 6.07) is -0.112. The molecule has 0 aromatic carbocycles. The van der Waals surface area contributed by atoms with Gasteiger partial charge in [-0.25, -0.2) is 4.98 Å². The van der Waals surface area contributed by atoms with E-state index in [0.29, 0.717) is 0 Å². The number of hydrogen-bond acceptors (Lipinski definition) is 4. The smallest absolute Gasteiger partial charge is 0.238 e. The molecule has 0 radical (unpaired) electrons. The van der Waals surface area contributed by atoms with E-state index in [0.717, 1.165) is 5.01 Å². The third kappa shape index (κ3) is 1.21. The molecule has 64 valence electrons. The maximum Gasteiger partial charge on any atom is 0.238 e. The van der Waals surface area contributed by atoms with Gasteiger partial charge in [-0.15, -0.1) is 11.3 Å². The predicted molar refractivity (Wildman–Crippen MR) is 45.6 cm³/mol. The topological polar surface area (TPSA) is 54.0 Å². The van der Waals surface area contributed by atoms with Gasteiger partial charge in [0.05, 0.1) is 6.04 Å². The van der Waals surface area contributed by atoms with Crippen LogP contribution in [0.3, 0.4) is 0 Å². The van der Waals surface area contributed by atoms with E-state index >= 15 is 0 Å². The Morgan fingerprint density at radius 2 is 2.50 bits per heavy atom. The Bertz CT molecular complexity index is 285. The summed E-state index contributed by atoms with van der Waals surface area (Å²) in [6.45, 7) is 1.84. The minimum Gasteiger partial charge on any atom is -0.333 e. The van der Waals surface area contributed by atoms with Crippen LogP contribution in [0.15, 0.2) is 11.6 Å². The summed E-state index contributed by atoms with van der Waals surface area (Å²) in [5.74, 6) is 0.0372. The van der Waals surface area contributed by atoms with Crippen LogP contribution in [0.4, 0.5) is 0 Å². The van der Waals surface area contributed by atoms with E-state index in [9.17, 15) is 4.79 Å². The monoisotopic (exact) mass is 183 g/mol. The van der Waals surface area contributed by atoms with Crippen molar-refractivity contribution in [1.82, 2.24) is 15.6 Å². The fourth-order valence-electron chi connectivity index (χ4n) is 1.14. The van der Waals surface area contributed by atoms with E-state index in [4.69, 9.17) is 0 Å². The zero-order chi connectivity index (χ0) is 8.55. The Kier molecular flexibility index (Phi) is 1.82. The van der Waals surface area contributed by atoms with Gasteiger partial charge in [-0.3, -0.25) is 10.1 Å². The molecule has 2 rings (SSSR count). The Hall–Kier alpha value is -0.940. The number of nitrogens with one attached hydrogen (secondary N) is 2. The SMILES string of the molecule is CC1NC(c2nccs2)NC1=O. The lowest BCUT2D eigenvalue weighted by molar-refractivity contribution is -0.120. The molecule has 1 aliphatic heterocycles. The molecule has 1 aromatic heterocycles. The van der Waals surface area contributed by atoms with Gasteiger partial charge in [0.2, 0.25) is 5.91 Å². The second-order valence-electron chi connectivity index (χ2n) is 2.70. The van der Waals surface area contributed by atoms with Crippen LogP contribution in [0.5, 0.6) is 0 Å². The zero-order valence-corrected chi connectivity index (χ0v) is 7.39. The van der Waals surface area contributed by atoms with Crippen molar-refractivity contribution >= 4 is 17.2 Å². The molecule has 0 aliphatic carbocycles. The number of hydrogen-bond donors (Lipinski definition) is 2. The van der Waals surface area contributed by atoms with E-state index in [-0.39, 0.29) is 18.1 Å². The lowest BCUT2D eigenvalue weighted by atomic mass is 10.4. The molecule has 0 spiro atoms. The van der Waals surface area contributed by atoms with Crippen LogP contribution < -0.4 is 10.6 Å². The van der Waals surface area contributed by atoms with Crippen LogP contribution in [0.25, 0.3) is 0 Å². The summed E-state index contributed by atoms with van der Waals surface area (Å²) >= 11 is 1.54. The van der Waals surface area contributed by atoms with Gasteiger partial charge in [0.1, 0.15) is 11.2 Å². The number of thiazole rings is 1. The van der Waals surface area contributed by atoms with Crippen LogP contribution >= 0.6 is 11.3 Å². The number of nitrogens with zero attached hydrogens (tertiary/aromatic N) is 1. The van der Waals surface area contributed by atoms with Crippen molar-refractivity contribution < 1.29 is 4.79 Å². The fourth-order valence-corrected chi connectivity index (χ4v) is 1.79. The summed E-state index contributed by atoms with van der Waals surface area (Å²) in [4.78, 5) is 15.2. The molecule has 1 aromatic rings. The molecule has 2 atom stereocenters. The molecule has 12 heavy (non-hydrogen) atoms. The molecular formula is C7H9N3OS. The molecule has 2 N–H and O–H groups in total. The van der Waals surface area contributed by atoms with Crippen molar-refractivity contribution in [2.24, 2.45) is 0 Å². The number of carbonyl (C=O) groups excluding carboxylic acids is 1. The molecule has 2 heterocycles. The average molecular weight is 183 g/mol. The van der Waals surface area contributed by atoms with Crippen LogP contribution in [0, 0.1) is 0 Å². The minimum atomic E-state index is -0.112. The van der Waals surface area contributed by atoms with Crippen molar-refractivity contribution in [3.8, 4) is 0 Å². The van der Waals surface area contributed by atoms with E-state index in [1.807, 2.05) is 12.3 Å². The van der Waals surface area contributed by atoms with Gasteiger partial charge in [-0.1, -0.05) is 0 Å². The van der Waals surface area contributed by atoms with Gasteiger partial charge < -0.3 is 5.32 Å². The van der Waals surface area contributed by atoms with Crippen molar-refractivity contribution in [3.05, 3.63) is 16.6 Å². The van der Waals surface area contributed by atoms with Crippen molar-refractivity contribution in [2.45, 2.75) is 19.1 Å². The molecule has 0 saturated carbocycles. The normalized spacial score (nSPS) is 28.9.